The molecule has 4 rings (SSSR count). The third-order valence-electron chi connectivity index (χ3n) is 5.55. The normalized spacial score (nSPS) is 11.3. The molecule has 0 unspecified atom stereocenters. The summed E-state index contributed by atoms with van der Waals surface area (Å²) in [5.74, 6) is -1.25. The zero-order valence-corrected chi connectivity index (χ0v) is 19.1. The summed E-state index contributed by atoms with van der Waals surface area (Å²) in [5, 5.41) is 9.72. The molecule has 3 nitrogen and oxygen atoms in total. The third kappa shape index (κ3) is 6.43. The van der Waals surface area contributed by atoms with Crippen molar-refractivity contribution in [2.24, 2.45) is 0 Å². The van der Waals surface area contributed by atoms with Gasteiger partial charge in [-0.25, -0.2) is 4.79 Å². The van der Waals surface area contributed by atoms with E-state index in [9.17, 15) is 18.0 Å². The van der Waals surface area contributed by atoms with Crippen molar-refractivity contribution in [2.45, 2.75) is 19.2 Å². The van der Waals surface area contributed by atoms with Crippen molar-refractivity contribution in [3.8, 4) is 28.0 Å². The minimum absolute atomic E-state index is 0.230. The van der Waals surface area contributed by atoms with E-state index in [0.717, 1.165) is 33.4 Å². The Hall–Kier alpha value is -3.77. The second-order valence-electron chi connectivity index (χ2n) is 7.96. The number of carboxylic acid groups (broad SMARTS) is 1. The summed E-state index contributed by atoms with van der Waals surface area (Å²) < 4.78 is 41.4. The predicted molar refractivity (Wildman–Crippen MR) is 130 cm³/mol. The predicted octanol–water partition coefficient (Wildman–Crippen LogP) is 8.06. The SMILES string of the molecule is O=C(O)c1ccc(CCc2cc(-c3ccc(OC(F)(F)F)cc3)ccc2-c2cccc(Cl)c2)cc1. The smallest absolute Gasteiger partial charge is 0.478 e. The maximum atomic E-state index is 12.5. The van der Waals surface area contributed by atoms with E-state index in [-0.39, 0.29) is 11.3 Å². The minimum atomic E-state index is -4.74. The second kappa shape index (κ2) is 10.2. The van der Waals surface area contributed by atoms with Gasteiger partial charge in [0.25, 0.3) is 0 Å². The van der Waals surface area contributed by atoms with E-state index < -0.39 is 12.3 Å². The maximum absolute atomic E-state index is 12.5. The summed E-state index contributed by atoms with van der Waals surface area (Å²) in [4.78, 5) is 11.1. The van der Waals surface area contributed by atoms with Crippen LogP contribution in [-0.4, -0.2) is 17.4 Å². The van der Waals surface area contributed by atoms with Gasteiger partial charge >= 0.3 is 12.3 Å². The summed E-state index contributed by atoms with van der Waals surface area (Å²) >= 11 is 6.21. The number of hydrogen-bond donors (Lipinski definition) is 1. The molecule has 0 fully saturated rings. The molecule has 0 aliphatic rings. The molecule has 4 aromatic rings. The summed E-state index contributed by atoms with van der Waals surface area (Å²) in [5.41, 5.74) is 5.81. The van der Waals surface area contributed by atoms with Crippen LogP contribution in [0.2, 0.25) is 5.02 Å². The lowest BCUT2D eigenvalue weighted by atomic mass is 9.91. The van der Waals surface area contributed by atoms with Crippen molar-refractivity contribution in [3.05, 3.63) is 113 Å². The first-order valence-corrected chi connectivity index (χ1v) is 11.1. The Kier molecular flexibility index (Phi) is 7.12. The van der Waals surface area contributed by atoms with Gasteiger partial charge < -0.3 is 9.84 Å². The Morgan fingerprint density at radius 1 is 0.800 bits per heavy atom. The molecule has 1 N–H and O–H groups in total. The Bertz CT molecular complexity index is 1330. The van der Waals surface area contributed by atoms with Gasteiger partial charge in [0.2, 0.25) is 0 Å². The molecule has 35 heavy (non-hydrogen) atoms. The Morgan fingerprint density at radius 3 is 2.11 bits per heavy atom. The molecule has 0 bridgehead atoms. The van der Waals surface area contributed by atoms with E-state index in [4.69, 9.17) is 16.7 Å². The largest absolute Gasteiger partial charge is 0.573 e. The van der Waals surface area contributed by atoms with E-state index >= 15 is 0 Å². The quantitative estimate of drug-likeness (QED) is 0.281. The lowest BCUT2D eigenvalue weighted by Gasteiger charge is -2.14. The molecule has 0 radical (unpaired) electrons. The Labute approximate surface area is 205 Å². The molecule has 0 atom stereocenters. The summed E-state index contributed by atoms with van der Waals surface area (Å²) in [6.45, 7) is 0. The molecule has 0 amide bonds. The molecular weight excluding hydrogens is 477 g/mol. The first-order chi connectivity index (χ1) is 16.7. The molecule has 0 spiro atoms. The summed E-state index contributed by atoms with van der Waals surface area (Å²) in [6.07, 6.45) is -3.40. The van der Waals surface area contributed by atoms with Crippen molar-refractivity contribution in [1.82, 2.24) is 0 Å². The van der Waals surface area contributed by atoms with Gasteiger partial charge in [0, 0.05) is 5.02 Å². The lowest BCUT2D eigenvalue weighted by molar-refractivity contribution is -0.274. The Morgan fingerprint density at radius 2 is 1.49 bits per heavy atom. The van der Waals surface area contributed by atoms with Crippen molar-refractivity contribution in [2.75, 3.05) is 0 Å². The van der Waals surface area contributed by atoms with Crippen LogP contribution in [0.15, 0.2) is 91.0 Å². The van der Waals surface area contributed by atoms with Crippen LogP contribution < -0.4 is 4.74 Å². The van der Waals surface area contributed by atoms with Gasteiger partial charge in [0.15, 0.2) is 0 Å². The van der Waals surface area contributed by atoms with E-state index in [1.807, 2.05) is 36.4 Å². The maximum Gasteiger partial charge on any atom is 0.573 e. The summed E-state index contributed by atoms with van der Waals surface area (Å²) in [6, 6.07) is 25.9. The van der Waals surface area contributed by atoms with Gasteiger partial charge in [-0.05, 0) is 82.6 Å². The molecule has 0 saturated heterocycles. The number of carboxylic acids is 1. The zero-order chi connectivity index (χ0) is 25.0. The number of hydrogen-bond acceptors (Lipinski definition) is 2. The highest BCUT2D eigenvalue weighted by Gasteiger charge is 2.31. The van der Waals surface area contributed by atoms with Crippen molar-refractivity contribution < 1.29 is 27.8 Å². The molecule has 0 aliphatic heterocycles. The van der Waals surface area contributed by atoms with Crippen LogP contribution in [0.5, 0.6) is 5.75 Å². The number of aryl methyl sites for hydroxylation is 2. The summed E-state index contributed by atoms with van der Waals surface area (Å²) in [7, 11) is 0. The van der Waals surface area contributed by atoms with Crippen molar-refractivity contribution in [1.29, 1.82) is 0 Å². The molecule has 0 aromatic heterocycles. The highest BCUT2D eigenvalue weighted by atomic mass is 35.5. The van der Waals surface area contributed by atoms with E-state index in [1.165, 1.54) is 12.1 Å². The van der Waals surface area contributed by atoms with Gasteiger partial charge in [0.05, 0.1) is 5.56 Å². The van der Waals surface area contributed by atoms with Gasteiger partial charge in [-0.3, -0.25) is 0 Å². The molecule has 178 valence electrons. The van der Waals surface area contributed by atoms with Crippen LogP contribution in [-0.2, 0) is 12.8 Å². The zero-order valence-electron chi connectivity index (χ0n) is 18.4. The van der Waals surface area contributed by atoms with Crippen LogP contribution in [0, 0.1) is 0 Å². The minimum Gasteiger partial charge on any atom is -0.478 e. The monoisotopic (exact) mass is 496 g/mol. The van der Waals surface area contributed by atoms with Gasteiger partial charge in [0.1, 0.15) is 5.75 Å². The van der Waals surface area contributed by atoms with E-state index in [2.05, 4.69) is 4.74 Å². The van der Waals surface area contributed by atoms with Crippen LogP contribution in [0.4, 0.5) is 13.2 Å². The molecule has 0 aliphatic carbocycles. The number of alkyl halides is 3. The average molecular weight is 497 g/mol. The fraction of sp³-hybridized carbons (Fsp3) is 0.107. The number of carbonyl (C=O) groups is 1. The number of aromatic carboxylic acids is 1. The first-order valence-electron chi connectivity index (χ1n) is 10.8. The van der Waals surface area contributed by atoms with Crippen LogP contribution in [0.3, 0.4) is 0 Å². The fourth-order valence-electron chi connectivity index (χ4n) is 3.86. The molecule has 7 heteroatoms. The van der Waals surface area contributed by atoms with E-state index in [0.29, 0.717) is 17.9 Å². The van der Waals surface area contributed by atoms with Gasteiger partial charge in [-0.2, -0.15) is 0 Å². The molecule has 4 aromatic carbocycles. The van der Waals surface area contributed by atoms with Crippen LogP contribution >= 0.6 is 11.6 Å². The van der Waals surface area contributed by atoms with E-state index in [1.54, 1.807) is 42.5 Å². The molecular formula is C28H20ClF3O3. The van der Waals surface area contributed by atoms with Crippen molar-refractivity contribution in [3.63, 3.8) is 0 Å². The third-order valence-corrected chi connectivity index (χ3v) is 5.78. The topological polar surface area (TPSA) is 46.5 Å². The standard InChI is InChI=1S/C28H20ClF3O3/c29-24-3-1-2-22(17-24)26-15-12-21(19-10-13-25(14-11-19)35-28(30,31)32)16-23(26)9-6-18-4-7-20(8-5-18)27(33)34/h1-5,7-8,10-17H,6,9H2,(H,33,34). The lowest BCUT2D eigenvalue weighted by Crippen LogP contribution is -2.16. The van der Waals surface area contributed by atoms with Gasteiger partial charge in [-0.1, -0.05) is 66.2 Å². The highest BCUT2D eigenvalue weighted by Crippen LogP contribution is 2.32. The number of halogens is 4. The molecule has 0 heterocycles. The average Bonchev–Trinajstić information content (AvgIpc) is 2.82. The van der Waals surface area contributed by atoms with Gasteiger partial charge in [-0.15, -0.1) is 13.2 Å². The molecule has 0 saturated carbocycles. The first kappa shape index (κ1) is 24.4. The second-order valence-corrected chi connectivity index (χ2v) is 8.39. The van der Waals surface area contributed by atoms with Crippen LogP contribution in [0.25, 0.3) is 22.3 Å². The Balaban J connectivity index is 1.65. The highest BCUT2D eigenvalue weighted by molar-refractivity contribution is 6.30. The van der Waals surface area contributed by atoms with Crippen LogP contribution in [0.1, 0.15) is 21.5 Å². The fourth-order valence-corrected chi connectivity index (χ4v) is 4.05. The number of ether oxygens (including phenoxy) is 1. The van der Waals surface area contributed by atoms with Crippen molar-refractivity contribution >= 4 is 17.6 Å². The number of benzene rings is 4. The number of rotatable bonds is 7.